The van der Waals surface area contributed by atoms with Gasteiger partial charge in [0.2, 0.25) is 0 Å². The first-order valence-electron chi connectivity index (χ1n) is 9.48. The van der Waals surface area contributed by atoms with Crippen LogP contribution in [-0.2, 0) is 16.9 Å². The molecule has 1 heterocycles. The van der Waals surface area contributed by atoms with Crippen LogP contribution >= 0.6 is 11.6 Å². The molecule has 0 saturated heterocycles. The third-order valence-electron chi connectivity index (χ3n) is 5.33. The van der Waals surface area contributed by atoms with E-state index in [0.717, 1.165) is 5.56 Å². The number of Topliss-reactive ketones (excluding diaryl/α,β-unsaturated/α-hetero) is 1. The Balaban J connectivity index is 1.68. The van der Waals surface area contributed by atoms with Crippen molar-refractivity contribution < 1.29 is 19.4 Å². The summed E-state index contributed by atoms with van der Waals surface area (Å²) in [6, 6.07) is 20.9. The van der Waals surface area contributed by atoms with Crippen LogP contribution in [0.4, 0.5) is 5.69 Å². The highest BCUT2D eigenvalue weighted by Crippen LogP contribution is 2.44. The first-order valence-corrected chi connectivity index (χ1v) is 9.86. The summed E-state index contributed by atoms with van der Waals surface area (Å²) < 4.78 is 5.17. The van der Waals surface area contributed by atoms with E-state index < -0.39 is 11.5 Å². The van der Waals surface area contributed by atoms with Crippen molar-refractivity contribution in [2.24, 2.45) is 0 Å². The maximum absolute atomic E-state index is 13.3. The molecular weight excluding hydrogens is 402 g/mol. The zero-order valence-electron chi connectivity index (χ0n) is 16.3. The predicted octanol–water partition coefficient (Wildman–Crippen LogP) is 4.36. The molecule has 1 amide bonds. The van der Waals surface area contributed by atoms with E-state index in [1.165, 1.54) is 12.0 Å². The quantitative estimate of drug-likeness (QED) is 0.601. The van der Waals surface area contributed by atoms with Gasteiger partial charge in [0.15, 0.2) is 11.4 Å². The summed E-state index contributed by atoms with van der Waals surface area (Å²) in [6.07, 6.45) is -0.366. The molecule has 1 aliphatic heterocycles. The molecule has 0 bridgehead atoms. The summed E-state index contributed by atoms with van der Waals surface area (Å²) in [4.78, 5) is 27.8. The van der Waals surface area contributed by atoms with Gasteiger partial charge in [-0.25, -0.2) is 0 Å². The summed E-state index contributed by atoms with van der Waals surface area (Å²) in [6.45, 7) is 0.200. The number of ketones is 1. The van der Waals surface area contributed by atoms with Gasteiger partial charge < -0.3 is 14.7 Å². The van der Waals surface area contributed by atoms with Crippen LogP contribution in [-0.4, -0.2) is 23.9 Å². The third kappa shape index (κ3) is 3.47. The average molecular weight is 422 g/mol. The monoisotopic (exact) mass is 421 g/mol. The first kappa shape index (κ1) is 20.1. The molecule has 4 rings (SSSR count). The van der Waals surface area contributed by atoms with Crippen molar-refractivity contribution in [1.82, 2.24) is 0 Å². The summed E-state index contributed by atoms with van der Waals surface area (Å²) >= 11 is 6.28. The molecule has 0 aliphatic carbocycles. The molecule has 1 N–H and O–H groups in total. The highest BCUT2D eigenvalue weighted by Gasteiger charge is 2.50. The molecule has 30 heavy (non-hydrogen) atoms. The Morgan fingerprint density at radius 1 is 1.07 bits per heavy atom. The number of rotatable bonds is 6. The van der Waals surface area contributed by atoms with Crippen LogP contribution in [0.3, 0.4) is 0 Å². The van der Waals surface area contributed by atoms with Crippen LogP contribution in [0.25, 0.3) is 0 Å². The van der Waals surface area contributed by atoms with E-state index in [4.69, 9.17) is 16.3 Å². The predicted molar refractivity (Wildman–Crippen MR) is 115 cm³/mol. The molecule has 152 valence electrons. The van der Waals surface area contributed by atoms with Gasteiger partial charge in [-0.05, 0) is 29.8 Å². The van der Waals surface area contributed by atoms with Gasteiger partial charge in [0, 0.05) is 16.1 Å². The largest absolute Gasteiger partial charge is 0.497 e. The Morgan fingerprint density at radius 3 is 2.57 bits per heavy atom. The molecule has 0 radical (unpaired) electrons. The van der Waals surface area contributed by atoms with E-state index in [2.05, 4.69) is 0 Å². The number of methoxy groups -OCH3 is 1. The molecule has 1 atom stereocenters. The van der Waals surface area contributed by atoms with E-state index in [9.17, 15) is 14.7 Å². The summed E-state index contributed by atoms with van der Waals surface area (Å²) in [5, 5.41) is 11.9. The van der Waals surface area contributed by atoms with Crippen molar-refractivity contribution in [2.75, 3.05) is 12.0 Å². The Morgan fingerprint density at radius 2 is 1.80 bits per heavy atom. The van der Waals surface area contributed by atoms with Crippen molar-refractivity contribution in [2.45, 2.75) is 18.6 Å². The molecule has 0 fully saturated rings. The Bertz CT molecular complexity index is 1130. The summed E-state index contributed by atoms with van der Waals surface area (Å²) in [5.41, 5.74) is 0.169. The van der Waals surface area contributed by atoms with Gasteiger partial charge in [0.25, 0.3) is 5.91 Å². The lowest BCUT2D eigenvalue weighted by Gasteiger charge is -2.23. The second-order valence-corrected chi connectivity index (χ2v) is 7.60. The Kier molecular flexibility index (Phi) is 5.33. The number of aliphatic hydroxyl groups is 1. The van der Waals surface area contributed by atoms with Crippen LogP contribution in [0.2, 0.25) is 5.02 Å². The Hall–Kier alpha value is -3.15. The molecule has 0 saturated carbocycles. The van der Waals surface area contributed by atoms with E-state index in [1.807, 2.05) is 18.2 Å². The van der Waals surface area contributed by atoms with E-state index in [-0.39, 0.29) is 18.7 Å². The van der Waals surface area contributed by atoms with Gasteiger partial charge in [-0.3, -0.25) is 9.59 Å². The highest BCUT2D eigenvalue weighted by atomic mass is 35.5. The number of halogens is 1. The topological polar surface area (TPSA) is 66.8 Å². The SMILES string of the molecule is COc1cccc(C(=O)C[C@]2(O)C(=O)N(Cc3ccccc3Cl)c3ccccc32)c1. The molecule has 0 unspecified atom stereocenters. The maximum Gasteiger partial charge on any atom is 0.264 e. The molecule has 3 aromatic rings. The standard InChI is InChI=1S/C24H20ClNO4/c1-30-18-9-6-8-16(13-18)22(27)14-24(29)19-10-3-5-12-21(19)26(23(24)28)15-17-7-2-4-11-20(17)25/h2-13,29H,14-15H2,1H3/t24-/m1/s1. The first-order chi connectivity index (χ1) is 14.4. The Labute approximate surface area is 179 Å². The number of hydrogen-bond acceptors (Lipinski definition) is 4. The van der Waals surface area contributed by atoms with Crippen molar-refractivity contribution >= 4 is 29.0 Å². The number of benzene rings is 3. The van der Waals surface area contributed by atoms with Crippen LogP contribution in [0.15, 0.2) is 72.8 Å². The van der Waals surface area contributed by atoms with E-state index >= 15 is 0 Å². The van der Waals surface area contributed by atoms with Gasteiger partial charge in [-0.15, -0.1) is 0 Å². The fourth-order valence-corrected chi connectivity index (χ4v) is 3.96. The van der Waals surface area contributed by atoms with Gasteiger partial charge in [-0.2, -0.15) is 0 Å². The van der Waals surface area contributed by atoms with Gasteiger partial charge in [-0.1, -0.05) is 60.1 Å². The number of amides is 1. The molecular formula is C24H20ClNO4. The van der Waals surface area contributed by atoms with Gasteiger partial charge >= 0.3 is 0 Å². The van der Waals surface area contributed by atoms with Crippen LogP contribution in [0.1, 0.15) is 27.9 Å². The van der Waals surface area contributed by atoms with Crippen molar-refractivity contribution in [3.8, 4) is 5.75 Å². The van der Waals surface area contributed by atoms with Gasteiger partial charge in [0.05, 0.1) is 25.8 Å². The normalized spacial score (nSPS) is 17.7. The number of carbonyl (C=O) groups is 2. The lowest BCUT2D eigenvalue weighted by Crippen LogP contribution is -2.41. The number of fused-ring (bicyclic) bond motifs is 1. The maximum atomic E-state index is 13.3. The average Bonchev–Trinajstić information content (AvgIpc) is 2.97. The molecule has 3 aromatic carbocycles. The van der Waals surface area contributed by atoms with E-state index in [1.54, 1.807) is 54.6 Å². The van der Waals surface area contributed by atoms with Crippen molar-refractivity contribution in [1.29, 1.82) is 0 Å². The second kappa shape index (κ2) is 7.94. The molecule has 0 aromatic heterocycles. The molecule has 1 aliphatic rings. The van der Waals surface area contributed by atoms with Crippen LogP contribution in [0.5, 0.6) is 5.75 Å². The number of para-hydroxylation sites is 1. The van der Waals surface area contributed by atoms with Crippen molar-refractivity contribution in [3.63, 3.8) is 0 Å². The van der Waals surface area contributed by atoms with Gasteiger partial charge in [0.1, 0.15) is 5.75 Å². The number of hydrogen-bond donors (Lipinski definition) is 1. The fourth-order valence-electron chi connectivity index (χ4n) is 3.76. The lowest BCUT2D eigenvalue weighted by molar-refractivity contribution is -0.136. The summed E-state index contributed by atoms with van der Waals surface area (Å²) in [5.74, 6) is -0.356. The number of carbonyl (C=O) groups excluding carboxylic acids is 2. The zero-order chi connectivity index (χ0) is 21.3. The fraction of sp³-hybridized carbons (Fsp3) is 0.167. The second-order valence-electron chi connectivity index (χ2n) is 7.19. The lowest BCUT2D eigenvalue weighted by atomic mass is 9.88. The zero-order valence-corrected chi connectivity index (χ0v) is 17.1. The minimum atomic E-state index is -1.95. The smallest absolute Gasteiger partial charge is 0.264 e. The summed E-state index contributed by atoms with van der Waals surface area (Å²) in [7, 11) is 1.51. The minimum Gasteiger partial charge on any atom is -0.497 e. The molecule has 5 nitrogen and oxygen atoms in total. The van der Waals surface area contributed by atoms with Crippen LogP contribution in [0, 0.1) is 0 Å². The number of ether oxygens (including phenoxy) is 1. The minimum absolute atomic E-state index is 0.200. The third-order valence-corrected chi connectivity index (χ3v) is 5.70. The van der Waals surface area contributed by atoms with Crippen molar-refractivity contribution in [3.05, 3.63) is 94.5 Å². The number of nitrogens with zero attached hydrogens (tertiary/aromatic N) is 1. The van der Waals surface area contributed by atoms with Crippen LogP contribution < -0.4 is 9.64 Å². The molecule has 6 heteroatoms. The number of anilines is 1. The molecule has 0 spiro atoms. The van der Waals surface area contributed by atoms with E-state index in [0.29, 0.717) is 27.6 Å². The highest BCUT2D eigenvalue weighted by molar-refractivity contribution is 6.31.